The second kappa shape index (κ2) is 4.61. The summed E-state index contributed by atoms with van der Waals surface area (Å²) in [5.41, 5.74) is 1.57. The van der Waals surface area contributed by atoms with Gasteiger partial charge in [-0.05, 0) is 24.2 Å². The maximum atomic E-state index is 12.3. The molecule has 1 N–H and O–H groups in total. The molecule has 0 aliphatic rings. The van der Waals surface area contributed by atoms with Crippen LogP contribution in [-0.2, 0) is 0 Å². The molecule has 0 spiro atoms. The fraction of sp³-hybridized carbons (Fsp3) is 0.357. The molecule has 18 heavy (non-hydrogen) atoms. The van der Waals surface area contributed by atoms with E-state index < -0.39 is 8.07 Å². The van der Waals surface area contributed by atoms with Crippen LogP contribution in [-0.4, -0.2) is 20.5 Å². The lowest BCUT2D eigenvalue weighted by Gasteiger charge is -2.21. The minimum Gasteiger partial charge on any atom is -0.464 e. The second-order valence-corrected chi connectivity index (χ2v) is 10.5. The molecule has 0 radical (unpaired) electrons. The molecule has 1 aromatic heterocycles. The van der Waals surface area contributed by atoms with Crippen LogP contribution in [0.3, 0.4) is 0 Å². The van der Waals surface area contributed by atoms with E-state index in [0.29, 0.717) is 6.54 Å². The molecule has 0 atom stereocenters. The molecular formula is C14H19NO2Si. The number of benzene rings is 1. The Kier molecular flexibility index (Phi) is 3.30. The molecule has 0 fully saturated rings. The Labute approximate surface area is 108 Å². The minimum absolute atomic E-state index is 0.00178. The highest BCUT2D eigenvalue weighted by Crippen LogP contribution is 2.21. The molecule has 1 heterocycles. The summed E-state index contributed by atoms with van der Waals surface area (Å²) in [6, 6.07) is 5.89. The van der Waals surface area contributed by atoms with Gasteiger partial charge < -0.3 is 9.73 Å². The number of hydrogen-bond acceptors (Lipinski definition) is 2. The highest BCUT2D eigenvalue weighted by molar-refractivity contribution is 6.89. The van der Waals surface area contributed by atoms with E-state index in [-0.39, 0.29) is 5.91 Å². The summed E-state index contributed by atoms with van der Waals surface area (Å²) < 4.78 is 5.39. The van der Waals surface area contributed by atoms with Gasteiger partial charge in [-0.15, -0.1) is 0 Å². The fourth-order valence-electron chi connectivity index (χ4n) is 2.16. The number of rotatable bonds is 3. The van der Waals surface area contributed by atoms with E-state index in [1.807, 2.05) is 25.1 Å². The van der Waals surface area contributed by atoms with Crippen molar-refractivity contribution in [3.05, 3.63) is 30.0 Å². The van der Waals surface area contributed by atoms with E-state index in [0.717, 1.165) is 16.5 Å². The monoisotopic (exact) mass is 261 g/mol. The predicted molar refractivity (Wildman–Crippen MR) is 77.2 cm³/mol. The van der Waals surface area contributed by atoms with Crippen LogP contribution in [0.1, 0.15) is 17.3 Å². The van der Waals surface area contributed by atoms with Gasteiger partial charge in [0.1, 0.15) is 5.58 Å². The highest BCUT2D eigenvalue weighted by Gasteiger charge is 2.25. The molecule has 1 aromatic carbocycles. The molecule has 0 aliphatic carbocycles. The first-order valence-electron chi connectivity index (χ1n) is 6.24. The van der Waals surface area contributed by atoms with Gasteiger partial charge in [0.15, 0.2) is 0 Å². The second-order valence-electron chi connectivity index (χ2n) is 5.43. The Hall–Kier alpha value is -1.55. The van der Waals surface area contributed by atoms with Crippen LogP contribution < -0.4 is 10.5 Å². The predicted octanol–water partition coefficient (Wildman–Crippen LogP) is 2.73. The van der Waals surface area contributed by atoms with E-state index in [1.165, 1.54) is 5.19 Å². The third kappa shape index (κ3) is 2.20. The van der Waals surface area contributed by atoms with Gasteiger partial charge in [-0.1, -0.05) is 25.7 Å². The molecule has 3 nitrogen and oxygen atoms in total. The molecule has 1 amide bonds. The molecular weight excluding hydrogens is 242 g/mol. The third-order valence-corrected chi connectivity index (χ3v) is 5.04. The van der Waals surface area contributed by atoms with Crippen molar-refractivity contribution in [2.45, 2.75) is 26.6 Å². The van der Waals surface area contributed by atoms with Gasteiger partial charge in [0, 0.05) is 17.5 Å². The standard InChI is InChI=1S/C14H19NO2Si/c1-5-15-14(16)13-10-8-9-17-11(10)6-7-12(13)18(2,3)4/h6-9H,5H2,1-4H3,(H,15,16). The fourth-order valence-corrected chi connectivity index (χ4v) is 3.74. The number of carbonyl (C=O) groups is 1. The van der Waals surface area contributed by atoms with Crippen molar-refractivity contribution in [1.82, 2.24) is 5.32 Å². The number of furan rings is 1. The first-order valence-corrected chi connectivity index (χ1v) is 9.74. The summed E-state index contributed by atoms with van der Waals surface area (Å²) in [5, 5.41) is 5.00. The maximum Gasteiger partial charge on any atom is 0.251 e. The summed E-state index contributed by atoms with van der Waals surface area (Å²) in [4.78, 5) is 12.3. The first kappa shape index (κ1) is 12.9. The van der Waals surface area contributed by atoms with E-state index in [1.54, 1.807) is 6.26 Å². The van der Waals surface area contributed by atoms with E-state index in [4.69, 9.17) is 4.42 Å². The third-order valence-electron chi connectivity index (χ3n) is 3.01. The van der Waals surface area contributed by atoms with Crippen LogP contribution in [0.4, 0.5) is 0 Å². The van der Waals surface area contributed by atoms with Gasteiger partial charge >= 0.3 is 0 Å². The highest BCUT2D eigenvalue weighted by atomic mass is 28.3. The van der Waals surface area contributed by atoms with E-state index in [2.05, 4.69) is 25.0 Å². The Bertz CT molecular complexity index is 581. The Morgan fingerprint density at radius 2 is 2.00 bits per heavy atom. The van der Waals surface area contributed by atoms with Crippen molar-refractivity contribution in [1.29, 1.82) is 0 Å². The molecule has 0 saturated heterocycles. The SMILES string of the molecule is CCNC(=O)c1c([Si](C)(C)C)ccc2occc12. The quantitative estimate of drug-likeness (QED) is 0.863. The molecule has 96 valence electrons. The van der Waals surface area contributed by atoms with Crippen LogP contribution >= 0.6 is 0 Å². The molecule has 2 rings (SSSR count). The normalized spacial score (nSPS) is 11.8. The van der Waals surface area contributed by atoms with Gasteiger partial charge in [-0.25, -0.2) is 0 Å². The van der Waals surface area contributed by atoms with Crippen LogP contribution in [0, 0.1) is 0 Å². The Balaban J connectivity index is 2.70. The summed E-state index contributed by atoms with van der Waals surface area (Å²) >= 11 is 0. The molecule has 0 bridgehead atoms. The number of carbonyl (C=O) groups excluding carboxylic acids is 1. The van der Waals surface area contributed by atoms with Crippen molar-refractivity contribution in [2.24, 2.45) is 0 Å². The minimum atomic E-state index is -1.56. The van der Waals surface area contributed by atoms with Crippen molar-refractivity contribution < 1.29 is 9.21 Å². The summed E-state index contributed by atoms with van der Waals surface area (Å²) in [7, 11) is -1.56. The number of hydrogen-bond donors (Lipinski definition) is 1. The maximum absolute atomic E-state index is 12.3. The van der Waals surface area contributed by atoms with Crippen LogP contribution in [0.5, 0.6) is 0 Å². The van der Waals surface area contributed by atoms with Gasteiger partial charge in [0.2, 0.25) is 0 Å². The van der Waals surface area contributed by atoms with Crippen molar-refractivity contribution in [2.75, 3.05) is 6.54 Å². The lowest BCUT2D eigenvalue weighted by molar-refractivity contribution is 0.0958. The van der Waals surface area contributed by atoms with Crippen LogP contribution in [0.2, 0.25) is 19.6 Å². The molecule has 0 aliphatic heterocycles. The van der Waals surface area contributed by atoms with Gasteiger partial charge in [-0.2, -0.15) is 0 Å². The molecule has 0 saturated carbocycles. The lowest BCUT2D eigenvalue weighted by atomic mass is 10.1. The number of amides is 1. The smallest absolute Gasteiger partial charge is 0.251 e. The van der Waals surface area contributed by atoms with Gasteiger partial charge in [0.25, 0.3) is 5.91 Å². The zero-order valence-corrected chi connectivity index (χ0v) is 12.3. The van der Waals surface area contributed by atoms with Gasteiger partial charge in [-0.3, -0.25) is 4.79 Å². The average molecular weight is 261 g/mol. The van der Waals surface area contributed by atoms with Crippen molar-refractivity contribution in [3.8, 4) is 0 Å². The number of nitrogens with one attached hydrogen (secondary N) is 1. The van der Waals surface area contributed by atoms with Crippen LogP contribution in [0.15, 0.2) is 28.9 Å². The molecule has 2 aromatic rings. The zero-order valence-electron chi connectivity index (χ0n) is 11.3. The molecule has 4 heteroatoms. The summed E-state index contributed by atoms with van der Waals surface area (Å²) in [6.45, 7) is 9.31. The average Bonchev–Trinajstić information content (AvgIpc) is 2.74. The molecule has 0 unspecified atom stereocenters. The zero-order chi connectivity index (χ0) is 13.3. The lowest BCUT2D eigenvalue weighted by Crippen LogP contribution is -2.43. The van der Waals surface area contributed by atoms with Crippen LogP contribution in [0.25, 0.3) is 11.0 Å². The Morgan fingerprint density at radius 1 is 1.28 bits per heavy atom. The van der Waals surface area contributed by atoms with Crippen molar-refractivity contribution in [3.63, 3.8) is 0 Å². The van der Waals surface area contributed by atoms with Crippen molar-refractivity contribution >= 4 is 30.1 Å². The summed E-state index contributed by atoms with van der Waals surface area (Å²) in [6.07, 6.45) is 1.64. The summed E-state index contributed by atoms with van der Waals surface area (Å²) in [5.74, 6) is 0.00178. The van der Waals surface area contributed by atoms with E-state index >= 15 is 0 Å². The van der Waals surface area contributed by atoms with E-state index in [9.17, 15) is 4.79 Å². The largest absolute Gasteiger partial charge is 0.464 e. The first-order chi connectivity index (χ1) is 8.45. The van der Waals surface area contributed by atoms with Gasteiger partial charge in [0.05, 0.1) is 14.3 Å². The number of fused-ring (bicyclic) bond motifs is 1. The topological polar surface area (TPSA) is 42.2 Å². The Morgan fingerprint density at radius 3 is 2.61 bits per heavy atom.